The minimum Gasteiger partial charge on any atom is -0.349 e. The molecule has 2 atom stereocenters. The number of carbonyl (C=O) groups is 1. The molecular formula is C24H31N5OS. The smallest absolute Gasteiger partial charge is 0.230 e. The molecule has 164 valence electrons. The first-order valence-corrected chi connectivity index (χ1v) is 11.6. The number of aromatic nitrogens is 3. The fourth-order valence-corrected chi connectivity index (χ4v) is 4.34. The standard InChI is InChI=1S/C24H31N5OS/c1-5-21(28(3)4)23-26-27-24(29(23)16-19-12-8-6-9-13-19)31-17-22(30)25-18(2)20-14-10-7-11-15-20/h6-15,18,21H,5,16-17H2,1-4H3,(H,25,30)/t18-,21+/m1/s1. The minimum absolute atomic E-state index is 0.0168. The van der Waals surface area contributed by atoms with Crippen molar-refractivity contribution < 1.29 is 4.79 Å². The Kier molecular flexibility index (Phi) is 8.26. The lowest BCUT2D eigenvalue weighted by molar-refractivity contribution is -0.119. The SMILES string of the molecule is CC[C@@H](c1nnc(SCC(=O)N[C@H](C)c2ccccc2)n1Cc1ccccc1)N(C)C. The van der Waals surface area contributed by atoms with Crippen LogP contribution in [0.15, 0.2) is 65.8 Å². The summed E-state index contributed by atoms with van der Waals surface area (Å²) in [4.78, 5) is 14.7. The van der Waals surface area contributed by atoms with E-state index in [1.165, 1.54) is 17.3 Å². The summed E-state index contributed by atoms with van der Waals surface area (Å²) in [5, 5.41) is 12.8. The first kappa shape index (κ1) is 23.0. The van der Waals surface area contributed by atoms with Crippen molar-refractivity contribution in [3.05, 3.63) is 77.6 Å². The molecular weight excluding hydrogens is 406 g/mol. The Bertz CT molecular complexity index is 959. The molecule has 31 heavy (non-hydrogen) atoms. The van der Waals surface area contributed by atoms with E-state index in [9.17, 15) is 4.79 Å². The topological polar surface area (TPSA) is 63.1 Å². The highest BCUT2D eigenvalue weighted by atomic mass is 32.2. The predicted molar refractivity (Wildman–Crippen MR) is 126 cm³/mol. The van der Waals surface area contributed by atoms with Crippen LogP contribution in [0.5, 0.6) is 0 Å². The summed E-state index contributed by atoms with van der Waals surface area (Å²) in [6.45, 7) is 4.83. The monoisotopic (exact) mass is 437 g/mol. The fraction of sp³-hybridized carbons (Fsp3) is 0.375. The highest BCUT2D eigenvalue weighted by Gasteiger charge is 2.23. The van der Waals surface area contributed by atoms with Gasteiger partial charge in [0.2, 0.25) is 5.91 Å². The second-order valence-corrected chi connectivity index (χ2v) is 8.73. The average Bonchev–Trinajstić information content (AvgIpc) is 3.16. The molecule has 1 heterocycles. The van der Waals surface area contributed by atoms with Crippen LogP contribution in [0.2, 0.25) is 0 Å². The van der Waals surface area contributed by atoms with Crippen molar-refractivity contribution in [2.24, 2.45) is 0 Å². The van der Waals surface area contributed by atoms with Crippen molar-refractivity contribution in [1.29, 1.82) is 0 Å². The summed E-state index contributed by atoms with van der Waals surface area (Å²) in [5.41, 5.74) is 2.27. The molecule has 1 aromatic heterocycles. The Morgan fingerprint density at radius 3 is 2.32 bits per heavy atom. The highest BCUT2D eigenvalue weighted by molar-refractivity contribution is 7.99. The van der Waals surface area contributed by atoms with E-state index in [2.05, 4.69) is 58.1 Å². The molecule has 0 saturated carbocycles. The molecule has 1 amide bonds. The van der Waals surface area contributed by atoms with E-state index in [0.29, 0.717) is 12.3 Å². The lowest BCUT2D eigenvalue weighted by Gasteiger charge is -2.23. The van der Waals surface area contributed by atoms with Crippen molar-refractivity contribution in [3.63, 3.8) is 0 Å². The summed E-state index contributed by atoms with van der Waals surface area (Å²) >= 11 is 1.43. The molecule has 0 unspecified atom stereocenters. The maximum atomic E-state index is 12.6. The summed E-state index contributed by atoms with van der Waals surface area (Å²) < 4.78 is 2.14. The van der Waals surface area contributed by atoms with Crippen LogP contribution >= 0.6 is 11.8 Å². The molecule has 0 radical (unpaired) electrons. The number of nitrogens with one attached hydrogen (secondary N) is 1. The Balaban J connectivity index is 1.74. The van der Waals surface area contributed by atoms with Crippen LogP contribution in [-0.4, -0.2) is 45.4 Å². The Hall–Kier alpha value is -2.64. The van der Waals surface area contributed by atoms with Crippen molar-refractivity contribution in [3.8, 4) is 0 Å². The van der Waals surface area contributed by atoms with Crippen LogP contribution in [-0.2, 0) is 11.3 Å². The van der Waals surface area contributed by atoms with E-state index in [1.807, 2.05) is 55.5 Å². The van der Waals surface area contributed by atoms with Gasteiger partial charge in [0.25, 0.3) is 0 Å². The molecule has 3 rings (SSSR count). The Labute approximate surface area is 189 Å². The van der Waals surface area contributed by atoms with Crippen molar-refractivity contribution in [1.82, 2.24) is 25.0 Å². The first-order chi connectivity index (χ1) is 15.0. The van der Waals surface area contributed by atoms with Crippen molar-refractivity contribution >= 4 is 17.7 Å². The third kappa shape index (κ3) is 6.18. The van der Waals surface area contributed by atoms with Gasteiger partial charge in [0.15, 0.2) is 11.0 Å². The maximum Gasteiger partial charge on any atom is 0.230 e. The average molecular weight is 438 g/mol. The van der Waals surface area contributed by atoms with Crippen LogP contribution in [0.1, 0.15) is 49.3 Å². The molecule has 1 N–H and O–H groups in total. The molecule has 0 aliphatic carbocycles. The number of benzene rings is 2. The van der Waals surface area contributed by atoms with Gasteiger partial charge in [-0.05, 0) is 38.6 Å². The number of carbonyl (C=O) groups excluding carboxylic acids is 1. The van der Waals surface area contributed by atoms with Gasteiger partial charge in [-0.15, -0.1) is 10.2 Å². The zero-order valence-corrected chi connectivity index (χ0v) is 19.5. The van der Waals surface area contributed by atoms with Gasteiger partial charge < -0.3 is 9.88 Å². The lowest BCUT2D eigenvalue weighted by atomic mass is 10.1. The van der Waals surface area contributed by atoms with Gasteiger partial charge in [-0.2, -0.15) is 0 Å². The van der Waals surface area contributed by atoms with Gasteiger partial charge in [0, 0.05) is 0 Å². The summed E-state index contributed by atoms with van der Waals surface area (Å²) in [6.07, 6.45) is 0.930. The van der Waals surface area contributed by atoms with E-state index in [0.717, 1.165) is 23.0 Å². The fourth-order valence-electron chi connectivity index (χ4n) is 3.58. The van der Waals surface area contributed by atoms with Crippen LogP contribution in [0.4, 0.5) is 0 Å². The molecule has 3 aromatic rings. The molecule has 0 spiro atoms. The summed E-state index contributed by atoms with van der Waals surface area (Å²) in [6, 6.07) is 20.4. The first-order valence-electron chi connectivity index (χ1n) is 10.6. The Morgan fingerprint density at radius 1 is 1.06 bits per heavy atom. The van der Waals surface area contributed by atoms with Crippen LogP contribution in [0.3, 0.4) is 0 Å². The van der Waals surface area contributed by atoms with Gasteiger partial charge in [0.05, 0.1) is 24.4 Å². The molecule has 0 fully saturated rings. The maximum absolute atomic E-state index is 12.6. The lowest BCUT2D eigenvalue weighted by Crippen LogP contribution is -2.28. The van der Waals surface area contributed by atoms with Crippen molar-refractivity contribution in [2.45, 2.75) is 44.1 Å². The van der Waals surface area contributed by atoms with E-state index in [1.54, 1.807) is 0 Å². The zero-order chi connectivity index (χ0) is 22.2. The molecule has 2 aromatic carbocycles. The largest absolute Gasteiger partial charge is 0.349 e. The number of amides is 1. The van der Waals surface area contributed by atoms with Crippen molar-refractivity contribution in [2.75, 3.05) is 19.8 Å². The molecule has 0 saturated heterocycles. The quantitative estimate of drug-likeness (QED) is 0.479. The van der Waals surface area contributed by atoms with Gasteiger partial charge in [-0.3, -0.25) is 9.69 Å². The third-order valence-electron chi connectivity index (χ3n) is 5.25. The molecule has 6 nitrogen and oxygen atoms in total. The second kappa shape index (κ2) is 11.1. The van der Waals surface area contributed by atoms with Gasteiger partial charge in [-0.25, -0.2) is 0 Å². The molecule has 0 aliphatic heterocycles. The van der Waals surface area contributed by atoms with E-state index >= 15 is 0 Å². The second-order valence-electron chi connectivity index (χ2n) is 7.79. The normalized spacial score (nSPS) is 13.2. The molecule has 0 bridgehead atoms. The van der Waals surface area contributed by atoms with Crippen LogP contribution in [0, 0.1) is 0 Å². The Morgan fingerprint density at radius 2 is 1.71 bits per heavy atom. The number of thioether (sulfide) groups is 1. The zero-order valence-electron chi connectivity index (χ0n) is 18.7. The molecule has 7 heteroatoms. The molecule has 0 aliphatic rings. The van der Waals surface area contributed by atoms with E-state index in [-0.39, 0.29) is 18.0 Å². The third-order valence-corrected chi connectivity index (χ3v) is 6.21. The van der Waals surface area contributed by atoms with Gasteiger partial charge in [-0.1, -0.05) is 79.3 Å². The van der Waals surface area contributed by atoms with Gasteiger partial charge >= 0.3 is 0 Å². The number of rotatable bonds is 10. The predicted octanol–water partition coefficient (Wildman–Crippen LogP) is 4.31. The number of hydrogen-bond acceptors (Lipinski definition) is 5. The highest BCUT2D eigenvalue weighted by Crippen LogP contribution is 2.26. The van der Waals surface area contributed by atoms with E-state index < -0.39 is 0 Å². The van der Waals surface area contributed by atoms with Gasteiger partial charge in [0.1, 0.15) is 0 Å². The minimum atomic E-state index is -0.0368. The number of hydrogen-bond donors (Lipinski definition) is 1. The van der Waals surface area contributed by atoms with E-state index in [4.69, 9.17) is 0 Å². The summed E-state index contributed by atoms with van der Waals surface area (Å²) in [7, 11) is 4.11. The summed E-state index contributed by atoms with van der Waals surface area (Å²) in [5.74, 6) is 1.21. The van der Waals surface area contributed by atoms with Crippen LogP contribution < -0.4 is 5.32 Å². The number of nitrogens with zero attached hydrogens (tertiary/aromatic N) is 4. The van der Waals surface area contributed by atoms with Crippen LogP contribution in [0.25, 0.3) is 0 Å².